The van der Waals surface area contributed by atoms with Crippen LogP contribution in [0.1, 0.15) is 53.3 Å². The van der Waals surface area contributed by atoms with Crippen molar-refractivity contribution in [3.63, 3.8) is 0 Å². The predicted octanol–water partition coefficient (Wildman–Crippen LogP) is 4.10. The summed E-state index contributed by atoms with van der Waals surface area (Å²) in [4.78, 5) is 24.3. The van der Waals surface area contributed by atoms with Crippen LogP contribution in [0.15, 0.2) is 28.9 Å². The number of nitrogens with zero attached hydrogens (tertiary/aromatic N) is 5. The zero-order chi connectivity index (χ0) is 21.3. The smallest absolute Gasteiger partial charge is 0.252 e. The molecule has 30 heavy (non-hydrogen) atoms. The van der Waals surface area contributed by atoms with Crippen LogP contribution >= 0.6 is 11.3 Å². The fourth-order valence-corrected chi connectivity index (χ4v) is 4.09. The Balaban J connectivity index is 1.59. The number of hydrogen-bond donors (Lipinski definition) is 1. The molecule has 0 aromatic carbocycles. The predicted molar refractivity (Wildman–Crippen MR) is 116 cm³/mol. The van der Waals surface area contributed by atoms with Crippen molar-refractivity contribution in [2.75, 3.05) is 6.54 Å². The molecule has 0 atom stereocenters. The number of hydrogen-bond acceptors (Lipinski definition) is 7. The van der Waals surface area contributed by atoms with Gasteiger partial charge < -0.3 is 9.84 Å². The zero-order valence-electron chi connectivity index (χ0n) is 17.5. The van der Waals surface area contributed by atoms with Crippen LogP contribution in [0.5, 0.6) is 0 Å². The average molecular weight is 425 g/mol. The molecule has 0 fully saturated rings. The third-order valence-corrected chi connectivity index (χ3v) is 5.74. The maximum Gasteiger partial charge on any atom is 0.252 e. The molecule has 4 aromatic rings. The molecule has 4 heterocycles. The number of aryl methyl sites for hydroxylation is 3. The summed E-state index contributed by atoms with van der Waals surface area (Å²) in [6.45, 7) is 8.46. The van der Waals surface area contributed by atoms with Gasteiger partial charge >= 0.3 is 0 Å². The van der Waals surface area contributed by atoms with E-state index in [1.807, 2.05) is 16.8 Å². The van der Waals surface area contributed by atoms with Crippen molar-refractivity contribution in [3.8, 4) is 10.6 Å². The van der Waals surface area contributed by atoms with Gasteiger partial charge in [0, 0.05) is 23.9 Å². The van der Waals surface area contributed by atoms with Crippen molar-refractivity contribution in [2.24, 2.45) is 0 Å². The summed E-state index contributed by atoms with van der Waals surface area (Å²) in [5.74, 6) is 1.07. The molecule has 0 aliphatic carbocycles. The van der Waals surface area contributed by atoms with Gasteiger partial charge in [-0.15, -0.1) is 11.3 Å². The number of amides is 1. The van der Waals surface area contributed by atoms with Crippen LogP contribution in [0.3, 0.4) is 0 Å². The minimum atomic E-state index is -0.137. The fourth-order valence-electron chi connectivity index (χ4n) is 3.26. The SMILES string of the molecule is Cc1noc(CCCNC(=O)c2cc(-c3ccc(C)s3)nc3c2cnn3C(C)C)n1. The van der Waals surface area contributed by atoms with Gasteiger partial charge in [-0.3, -0.25) is 4.79 Å². The Morgan fingerprint density at radius 2 is 2.10 bits per heavy atom. The van der Waals surface area contributed by atoms with Crippen LogP contribution in [-0.4, -0.2) is 37.4 Å². The Labute approximate surface area is 178 Å². The maximum absolute atomic E-state index is 13.0. The van der Waals surface area contributed by atoms with Crippen LogP contribution in [0.25, 0.3) is 21.6 Å². The second-order valence-corrected chi connectivity index (χ2v) is 8.77. The van der Waals surface area contributed by atoms with Gasteiger partial charge in [0.05, 0.1) is 27.7 Å². The minimum Gasteiger partial charge on any atom is -0.352 e. The zero-order valence-corrected chi connectivity index (χ0v) is 18.3. The van der Waals surface area contributed by atoms with E-state index in [4.69, 9.17) is 9.51 Å². The summed E-state index contributed by atoms with van der Waals surface area (Å²) in [7, 11) is 0. The Morgan fingerprint density at radius 3 is 2.77 bits per heavy atom. The number of fused-ring (bicyclic) bond motifs is 1. The first-order valence-electron chi connectivity index (χ1n) is 9.95. The van der Waals surface area contributed by atoms with Crippen LogP contribution in [-0.2, 0) is 6.42 Å². The largest absolute Gasteiger partial charge is 0.352 e. The van der Waals surface area contributed by atoms with E-state index in [0.717, 1.165) is 21.6 Å². The molecule has 0 radical (unpaired) electrons. The first kappa shape index (κ1) is 20.2. The highest BCUT2D eigenvalue weighted by molar-refractivity contribution is 7.15. The van der Waals surface area contributed by atoms with Crippen molar-refractivity contribution in [1.82, 2.24) is 30.2 Å². The summed E-state index contributed by atoms with van der Waals surface area (Å²) in [6, 6.07) is 6.10. The highest BCUT2D eigenvalue weighted by Crippen LogP contribution is 2.30. The number of thiophene rings is 1. The number of rotatable bonds is 7. The molecule has 0 aliphatic heterocycles. The number of carbonyl (C=O) groups excluding carboxylic acids is 1. The van der Waals surface area contributed by atoms with E-state index in [0.29, 0.717) is 36.7 Å². The maximum atomic E-state index is 13.0. The Kier molecular flexibility index (Phi) is 5.63. The molecule has 0 unspecified atom stereocenters. The highest BCUT2D eigenvalue weighted by atomic mass is 32.1. The molecule has 9 heteroatoms. The highest BCUT2D eigenvalue weighted by Gasteiger charge is 2.19. The molecule has 0 saturated carbocycles. The monoisotopic (exact) mass is 424 g/mol. The number of nitrogens with one attached hydrogen (secondary N) is 1. The lowest BCUT2D eigenvalue weighted by Crippen LogP contribution is -2.25. The molecule has 1 amide bonds. The van der Waals surface area contributed by atoms with E-state index in [1.165, 1.54) is 4.88 Å². The molecule has 4 aromatic heterocycles. The number of carbonyl (C=O) groups is 1. The summed E-state index contributed by atoms with van der Waals surface area (Å²) in [5.41, 5.74) is 2.09. The van der Waals surface area contributed by atoms with Gasteiger partial charge in [-0.1, -0.05) is 5.16 Å². The van der Waals surface area contributed by atoms with Gasteiger partial charge in [0.2, 0.25) is 5.89 Å². The topological polar surface area (TPSA) is 98.7 Å². The van der Waals surface area contributed by atoms with E-state index in [9.17, 15) is 4.79 Å². The van der Waals surface area contributed by atoms with Crippen LogP contribution in [0, 0.1) is 13.8 Å². The first-order chi connectivity index (χ1) is 14.4. The molecule has 0 spiro atoms. The average Bonchev–Trinajstić information content (AvgIpc) is 3.43. The second-order valence-electron chi connectivity index (χ2n) is 7.48. The third-order valence-electron chi connectivity index (χ3n) is 4.72. The van der Waals surface area contributed by atoms with Crippen molar-refractivity contribution in [1.29, 1.82) is 0 Å². The van der Waals surface area contributed by atoms with Crippen LogP contribution in [0.2, 0.25) is 0 Å². The third kappa shape index (κ3) is 4.11. The summed E-state index contributed by atoms with van der Waals surface area (Å²) in [6.07, 6.45) is 3.06. The molecule has 8 nitrogen and oxygen atoms in total. The van der Waals surface area contributed by atoms with E-state index < -0.39 is 0 Å². The van der Waals surface area contributed by atoms with E-state index in [1.54, 1.807) is 24.5 Å². The quantitative estimate of drug-likeness (QED) is 0.448. The lowest BCUT2D eigenvalue weighted by atomic mass is 10.1. The normalized spacial score (nSPS) is 11.5. The van der Waals surface area contributed by atoms with Gasteiger partial charge in [0.25, 0.3) is 5.91 Å². The van der Waals surface area contributed by atoms with Gasteiger partial charge in [0.15, 0.2) is 11.5 Å². The Morgan fingerprint density at radius 1 is 1.27 bits per heavy atom. The molecule has 0 aliphatic rings. The van der Waals surface area contributed by atoms with Gasteiger partial charge in [-0.2, -0.15) is 10.1 Å². The fraction of sp³-hybridized carbons (Fsp3) is 0.381. The van der Waals surface area contributed by atoms with Gasteiger partial charge in [-0.25, -0.2) is 9.67 Å². The lowest BCUT2D eigenvalue weighted by molar-refractivity contribution is 0.0954. The number of pyridine rings is 1. The van der Waals surface area contributed by atoms with Crippen LogP contribution in [0.4, 0.5) is 0 Å². The van der Waals surface area contributed by atoms with Crippen molar-refractivity contribution in [2.45, 2.75) is 46.6 Å². The number of aromatic nitrogens is 5. The summed E-state index contributed by atoms with van der Waals surface area (Å²) >= 11 is 1.66. The minimum absolute atomic E-state index is 0.137. The van der Waals surface area contributed by atoms with Crippen molar-refractivity contribution in [3.05, 3.63) is 46.6 Å². The lowest BCUT2D eigenvalue weighted by Gasteiger charge is -2.10. The standard InChI is InChI=1S/C21H24N6O2S/c1-12(2)27-20-16(11-23-27)15(10-17(25-20)18-8-7-13(3)30-18)21(28)22-9-5-6-19-24-14(4)26-29-19/h7-8,10-12H,5-6,9H2,1-4H3,(H,22,28). The van der Waals surface area contributed by atoms with E-state index in [2.05, 4.69) is 47.4 Å². The molecule has 156 valence electrons. The summed E-state index contributed by atoms with van der Waals surface area (Å²) < 4.78 is 6.97. The van der Waals surface area contributed by atoms with Crippen molar-refractivity contribution >= 4 is 28.3 Å². The summed E-state index contributed by atoms with van der Waals surface area (Å²) in [5, 5.41) is 12.0. The van der Waals surface area contributed by atoms with Crippen LogP contribution < -0.4 is 5.32 Å². The van der Waals surface area contributed by atoms with Crippen molar-refractivity contribution < 1.29 is 9.32 Å². The molecular formula is C21H24N6O2S. The Bertz CT molecular complexity index is 1190. The molecule has 1 N–H and O–H groups in total. The Hall–Kier alpha value is -3.07. The molecule has 0 saturated heterocycles. The first-order valence-corrected chi connectivity index (χ1v) is 10.8. The second kappa shape index (κ2) is 8.35. The van der Waals surface area contributed by atoms with Gasteiger partial charge in [-0.05, 0) is 52.3 Å². The van der Waals surface area contributed by atoms with E-state index in [-0.39, 0.29) is 11.9 Å². The van der Waals surface area contributed by atoms with E-state index >= 15 is 0 Å². The molecule has 4 rings (SSSR count). The molecular weight excluding hydrogens is 400 g/mol. The molecule has 0 bridgehead atoms. The van der Waals surface area contributed by atoms with Gasteiger partial charge in [0.1, 0.15) is 0 Å².